The number of hydrogen-bond acceptors (Lipinski definition) is 2. The molecule has 0 unspecified atom stereocenters. The van der Waals surface area contributed by atoms with Crippen LogP contribution in [0.2, 0.25) is 0 Å². The lowest BCUT2D eigenvalue weighted by molar-refractivity contribution is -0.137. The summed E-state index contributed by atoms with van der Waals surface area (Å²) in [5, 5.41) is 6.24. The van der Waals surface area contributed by atoms with Crippen molar-refractivity contribution in [3.05, 3.63) is 90.1 Å². The summed E-state index contributed by atoms with van der Waals surface area (Å²) in [6, 6.07) is 21.2. The van der Waals surface area contributed by atoms with Crippen molar-refractivity contribution in [2.24, 2.45) is 0 Å². The van der Waals surface area contributed by atoms with Crippen LogP contribution < -0.4 is 0 Å². The van der Waals surface area contributed by atoms with Crippen molar-refractivity contribution in [2.75, 3.05) is 0 Å². The minimum Gasteiger partial charge on any atom is -0.255 e. The van der Waals surface area contributed by atoms with Crippen LogP contribution in [0.1, 0.15) is 11.1 Å². The number of para-hydroxylation sites is 1. The molecule has 3 aromatic carbocycles. The molecule has 0 radical (unpaired) electrons. The molecule has 0 spiro atoms. The fourth-order valence-corrected chi connectivity index (χ4v) is 3.64. The van der Waals surface area contributed by atoms with Gasteiger partial charge in [-0.25, -0.2) is 4.68 Å². The molecule has 0 aliphatic carbocycles. The summed E-state index contributed by atoms with van der Waals surface area (Å²) >= 11 is 0. The van der Waals surface area contributed by atoms with Crippen molar-refractivity contribution in [2.45, 2.75) is 13.1 Å². The lowest BCUT2D eigenvalue weighted by Gasteiger charge is -2.09. The third kappa shape index (κ3) is 3.01. The van der Waals surface area contributed by atoms with Gasteiger partial charge in [-0.1, -0.05) is 54.1 Å². The highest BCUT2D eigenvalue weighted by Gasteiger charge is 2.31. The largest absolute Gasteiger partial charge is 0.416 e. The van der Waals surface area contributed by atoms with E-state index in [1.165, 1.54) is 6.07 Å². The zero-order valence-electron chi connectivity index (χ0n) is 16.0. The number of rotatable bonds is 2. The first-order valence-electron chi connectivity index (χ1n) is 9.43. The molecule has 0 fully saturated rings. The van der Waals surface area contributed by atoms with E-state index < -0.39 is 11.7 Å². The molecule has 0 amide bonds. The first kappa shape index (κ1) is 18.4. The number of aromatic nitrogens is 3. The lowest BCUT2D eigenvalue weighted by atomic mass is 10.0. The molecule has 5 aromatic rings. The number of halogens is 3. The highest BCUT2D eigenvalue weighted by molar-refractivity contribution is 6.08. The van der Waals surface area contributed by atoms with E-state index in [-0.39, 0.29) is 5.52 Å². The molecule has 3 nitrogen and oxygen atoms in total. The van der Waals surface area contributed by atoms with E-state index in [4.69, 9.17) is 5.10 Å². The Morgan fingerprint density at radius 1 is 0.833 bits per heavy atom. The van der Waals surface area contributed by atoms with E-state index in [0.717, 1.165) is 45.5 Å². The second-order valence-corrected chi connectivity index (χ2v) is 7.21. The molecule has 0 aliphatic heterocycles. The molecule has 0 bridgehead atoms. The molecule has 0 N–H and O–H groups in total. The number of pyridine rings is 1. The molecule has 30 heavy (non-hydrogen) atoms. The summed E-state index contributed by atoms with van der Waals surface area (Å²) in [6.07, 6.45) is -2.81. The maximum Gasteiger partial charge on any atom is 0.416 e. The quantitative estimate of drug-likeness (QED) is 0.334. The van der Waals surface area contributed by atoms with E-state index in [9.17, 15) is 13.2 Å². The fourth-order valence-electron chi connectivity index (χ4n) is 3.64. The Morgan fingerprint density at radius 3 is 2.27 bits per heavy atom. The molecule has 2 aromatic heterocycles. The van der Waals surface area contributed by atoms with Crippen molar-refractivity contribution in [3.8, 4) is 16.9 Å². The molecular formula is C24H16F3N3. The Labute approximate surface area is 170 Å². The van der Waals surface area contributed by atoms with Crippen LogP contribution in [0.5, 0.6) is 0 Å². The summed E-state index contributed by atoms with van der Waals surface area (Å²) in [5.41, 5.74) is 3.92. The van der Waals surface area contributed by atoms with Gasteiger partial charge in [-0.05, 0) is 31.2 Å². The summed E-state index contributed by atoms with van der Waals surface area (Å²) in [5.74, 6) is 0. The Balaban J connectivity index is 1.85. The smallest absolute Gasteiger partial charge is 0.255 e. The average Bonchev–Trinajstić information content (AvgIpc) is 3.14. The predicted octanol–water partition coefficient (Wildman–Crippen LogP) is 6.57. The van der Waals surface area contributed by atoms with Gasteiger partial charge in [0.1, 0.15) is 5.69 Å². The highest BCUT2D eigenvalue weighted by Crippen LogP contribution is 2.36. The van der Waals surface area contributed by atoms with Crippen molar-refractivity contribution in [1.29, 1.82) is 0 Å². The van der Waals surface area contributed by atoms with E-state index in [0.29, 0.717) is 5.39 Å². The molecule has 0 atom stereocenters. The van der Waals surface area contributed by atoms with E-state index >= 15 is 0 Å². The normalized spacial score (nSPS) is 12.0. The van der Waals surface area contributed by atoms with Gasteiger partial charge in [0.15, 0.2) is 0 Å². The predicted molar refractivity (Wildman–Crippen MR) is 112 cm³/mol. The summed E-state index contributed by atoms with van der Waals surface area (Å²) < 4.78 is 41.3. The summed E-state index contributed by atoms with van der Waals surface area (Å²) in [7, 11) is 0. The standard InChI is InChI=1S/C24H16F3N3/c1-15-7-9-16(10-8-15)22-20-14-28-21-13-17(24(25,26)27)11-12-19(21)23(20)30(29-22)18-5-3-2-4-6-18/h2-14H,1H3. The Morgan fingerprint density at radius 2 is 1.57 bits per heavy atom. The molecule has 0 aliphatic rings. The molecule has 6 heteroatoms. The number of fused-ring (bicyclic) bond motifs is 3. The van der Waals surface area contributed by atoms with Gasteiger partial charge in [0, 0.05) is 22.5 Å². The van der Waals surface area contributed by atoms with Crippen LogP contribution in [0.25, 0.3) is 38.8 Å². The van der Waals surface area contributed by atoms with Crippen molar-refractivity contribution >= 4 is 21.8 Å². The monoisotopic (exact) mass is 403 g/mol. The summed E-state index contributed by atoms with van der Waals surface area (Å²) in [4.78, 5) is 4.34. The highest BCUT2D eigenvalue weighted by atomic mass is 19.4. The van der Waals surface area contributed by atoms with Gasteiger partial charge in [0.2, 0.25) is 0 Å². The van der Waals surface area contributed by atoms with Gasteiger partial charge >= 0.3 is 6.18 Å². The number of aryl methyl sites for hydroxylation is 1. The van der Waals surface area contributed by atoms with E-state index in [1.54, 1.807) is 10.9 Å². The number of benzene rings is 3. The molecule has 5 rings (SSSR count). The first-order valence-corrected chi connectivity index (χ1v) is 9.43. The van der Waals surface area contributed by atoms with Crippen LogP contribution >= 0.6 is 0 Å². The Hall–Kier alpha value is -3.67. The number of alkyl halides is 3. The third-order valence-electron chi connectivity index (χ3n) is 5.16. The first-order chi connectivity index (χ1) is 14.4. The SMILES string of the molecule is Cc1ccc(-c2nn(-c3ccccc3)c3c2cnc2cc(C(F)(F)F)ccc23)cc1. The van der Waals surface area contributed by atoms with Crippen LogP contribution in [0.3, 0.4) is 0 Å². The summed E-state index contributed by atoms with van der Waals surface area (Å²) in [6.45, 7) is 2.01. The topological polar surface area (TPSA) is 30.7 Å². The van der Waals surface area contributed by atoms with Gasteiger partial charge in [-0.3, -0.25) is 4.98 Å². The molecule has 148 valence electrons. The van der Waals surface area contributed by atoms with Gasteiger partial charge in [0.25, 0.3) is 0 Å². The maximum atomic E-state index is 13.2. The zero-order chi connectivity index (χ0) is 20.9. The zero-order valence-corrected chi connectivity index (χ0v) is 16.0. The maximum absolute atomic E-state index is 13.2. The molecular weight excluding hydrogens is 387 g/mol. The van der Waals surface area contributed by atoms with Crippen LogP contribution in [0.15, 0.2) is 79.0 Å². The van der Waals surface area contributed by atoms with Crippen LogP contribution in [0.4, 0.5) is 13.2 Å². The van der Waals surface area contributed by atoms with Crippen molar-refractivity contribution in [1.82, 2.24) is 14.8 Å². The van der Waals surface area contributed by atoms with Gasteiger partial charge in [-0.15, -0.1) is 0 Å². The van der Waals surface area contributed by atoms with Crippen molar-refractivity contribution in [3.63, 3.8) is 0 Å². The molecule has 0 saturated carbocycles. The Kier molecular flexibility index (Phi) is 4.10. The van der Waals surface area contributed by atoms with Gasteiger partial charge < -0.3 is 0 Å². The number of nitrogens with zero attached hydrogens (tertiary/aromatic N) is 3. The second-order valence-electron chi connectivity index (χ2n) is 7.21. The van der Waals surface area contributed by atoms with Crippen LogP contribution in [0, 0.1) is 6.92 Å². The van der Waals surface area contributed by atoms with Crippen molar-refractivity contribution < 1.29 is 13.2 Å². The third-order valence-corrected chi connectivity index (χ3v) is 5.16. The number of hydrogen-bond donors (Lipinski definition) is 0. The van der Waals surface area contributed by atoms with E-state index in [2.05, 4.69) is 4.98 Å². The minimum atomic E-state index is -4.42. The van der Waals surface area contributed by atoms with Gasteiger partial charge in [0.05, 0.1) is 22.3 Å². The Bertz CT molecular complexity index is 1370. The van der Waals surface area contributed by atoms with Crippen LogP contribution in [-0.2, 0) is 6.18 Å². The fraction of sp³-hybridized carbons (Fsp3) is 0.0833. The lowest BCUT2D eigenvalue weighted by Crippen LogP contribution is -2.04. The van der Waals surface area contributed by atoms with E-state index in [1.807, 2.05) is 61.5 Å². The van der Waals surface area contributed by atoms with Gasteiger partial charge in [-0.2, -0.15) is 18.3 Å². The average molecular weight is 403 g/mol. The molecule has 0 saturated heterocycles. The molecule has 2 heterocycles. The second kappa shape index (κ2) is 6.69. The minimum absolute atomic E-state index is 0.282. The van der Waals surface area contributed by atoms with Crippen LogP contribution in [-0.4, -0.2) is 14.8 Å².